The quantitative estimate of drug-likeness (QED) is 0.534. The van der Waals surface area contributed by atoms with Crippen molar-refractivity contribution in [2.24, 2.45) is 11.8 Å². The molecule has 1 fully saturated rings. The highest BCUT2D eigenvalue weighted by Crippen LogP contribution is 2.16. The maximum absolute atomic E-state index is 10.2. The third kappa shape index (κ3) is 13.3. The number of carbonyl (C=O) groups is 1. The van der Waals surface area contributed by atoms with E-state index in [0.717, 1.165) is 31.3 Å². The van der Waals surface area contributed by atoms with Crippen molar-refractivity contribution in [1.82, 2.24) is 4.90 Å². The second kappa shape index (κ2) is 14.3. The van der Waals surface area contributed by atoms with E-state index < -0.39 is 0 Å². The van der Waals surface area contributed by atoms with Gasteiger partial charge in [-0.25, -0.2) is 0 Å². The fourth-order valence-corrected chi connectivity index (χ4v) is 1.87. The molecular weight excluding hydrogens is 222 g/mol. The van der Waals surface area contributed by atoms with Crippen molar-refractivity contribution in [2.75, 3.05) is 13.1 Å². The number of hydrogen-bond acceptors (Lipinski definition) is 1. The molecule has 1 unspecified atom stereocenters. The van der Waals surface area contributed by atoms with E-state index in [1.807, 2.05) is 11.8 Å². The molecule has 1 rings (SSSR count). The van der Waals surface area contributed by atoms with Crippen molar-refractivity contribution in [3.05, 3.63) is 12.7 Å². The molecule has 0 aromatic carbocycles. The van der Waals surface area contributed by atoms with E-state index in [9.17, 15) is 4.79 Å². The van der Waals surface area contributed by atoms with E-state index in [1.54, 1.807) is 6.08 Å². The average molecular weight is 255 g/mol. The molecule has 1 aliphatic rings. The molecule has 108 valence electrons. The molecule has 0 aromatic heterocycles. The van der Waals surface area contributed by atoms with Gasteiger partial charge in [-0.05, 0) is 25.2 Å². The zero-order valence-electron chi connectivity index (χ0n) is 13.1. The van der Waals surface area contributed by atoms with Crippen LogP contribution >= 0.6 is 0 Å². The summed E-state index contributed by atoms with van der Waals surface area (Å²) in [6, 6.07) is 0. The van der Waals surface area contributed by atoms with Gasteiger partial charge in [0.25, 0.3) is 0 Å². The van der Waals surface area contributed by atoms with E-state index in [1.165, 1.54) is 25.7 Å². The first-order chi connectivity index (χ1) is 8.55. The van der Waals surface area contributed by atoms with Crippen LogP contribution in [-0.2, 0) is 4.79 Å². The van der Waals surface area contributed by atoms with Crippen LogP contribution in [0.3, 0.4) is 0 Å². The number of amides is 1. The van der Waals surface area contributed by atoms with E-state index in [2.05, 4.69) is 34.3 Å². The third-order valence-corrected chi connectivity index (χ3v) is 2.91. The van der Waals surface area contributed by atoms with Crippen LogP contribution in [-0.4, -0.2) is 24.4 Å². The van der Waals surface area contributed by atoms with Crippen LogP contribution in [0.5, 0.6) is 0 Å². The molecule has 18 heavy (non-hydrogen) atoms. The lowest BCUT2D eigenvalue weighted by Gasteiger charge is -2.06. The zero-order valence-corrected chi connectivity index (χ0v) is 13.1. The van der Waals surface area contributed by atoms with Gasteiger partial charge in [0, 0.05) is 13.1 Å². The molecule has 1 heterocycles. The number of rotatable bonds is 4. The normalized spacial score (nSPS) is 17.4. The molecular formula is C16H33NO. The molecule has 2 heteroatoms. The van der Waals surface area contributed by atoms with Gasteiger partial charge in [0.2, 0.25) is 6.41 Å². The summed E-state index contributed by atoms with van der Waals surface area (Å²) in [5.74, 6) is 1.67. The lowest BCUT2D eigenvalue weighted by atomic mass is 10.1. The van der Waals surface area contributed by atoms with Crippen molar-refractivity contribution >= 4 is 6.41 Å². The predicted octanol–water partition coefficient (Wildman–Crippen LogP) is 4.51. The van der Waals surface area contributed by atoms with Crippen LogP contribution in [0.15, 0.2) is 12.7 Å². The Labute approximate surface area is 114 Å². The fourth-order valence-electron chi connectivity index (χ4n) is 1.87. The number of likely N-dealkylation sites (tertiary alicyclic amines) is 1. The van der Waals surface area contributed by atoms with Gasteiger partial charge in [0.05, 0.1) is 0 Å². The zero-order chi connectivity index (χ0) is 14.4. The first-order valence-corrected chi connectivity index (χ1v) is 7.31. The standard InChI is InChI=1S/C7H13NO.C6H14.C3H6/c1-2-7-3-4-8(5-7)6-9;1-4-5-6(2)3;1-3-2/h6-7H,2-5H2,1H3;6H,4-5H2,1-3H3;3H,1H2,2H3. The molecule has 0 aromatic rings. The summed E-state index contributed by atoms with van der Waals surface area (Å²) in [4.78, 5) is 12.0. The Balaban J connectivity index is 0. The maximum Gasteiger partial charge on any atom is 0.209 e. The van der Waals surface area contributed by atoms with Crippen LogP contribution in [0, 0.1) is 11.8 Å². The van der Waals surface area contributed by atoms with Gasteiger partial charge in [0.1, 0.15) is 0 Å². The maximum atomic E-state index is 10.2. The molecule has 2 nitrogen and oxygen atoms in total. The molecule has 0 N–H and O–H groups in total. The molecule has 0 radical (unpaired) electrons. The van der Waals surface area contributed by atoms with Crippen molar-refractivity contribution in [3.63, 3.8) is 0 Å². The van der Waals surface area contributed by atoms with Crippen LogP contribution in [0.25, 0.3) is 0 Å². The third-order valence-electron chi connectivity index (χ3n) is 2.91. The summed E-state index contributed by atoms with van der Waals surface area (Å²) >= 11 is 0. The van der Waals surface area contributed by atoms with Gasteiger partial charge in [-0.2, -0.15) is 0 Å². The highest BCUT2D eigenvalue weighted by molar-refractivity contribution is 5.47. The Bertz CT molecular complexity index is 190. The Morgan fingerprint density at radius 3 is 2.11 bits per heavy atom. The van der Waals surface area contributed by atoms with Gasteiger partial charge in [-0.3, -0.25) is 4.79 Å². The lowest BCUT2D eigenvalue weighted by molar-refractivity contribution is -0.117. The average Bonchev–Trinajstić information content (AvgIpc) is 2.78. The topological polar surface area (TPSA) is 20.3 Å². The van der Waals surface area contributed by atoms with Crippen molar-refractivity contribution in [1.29, 1.82) is 0 Å². The van der Waals surface area contributed by atoms with E-state index in [-0.39, 0.29) is 0 Å². The Morgan fingerprint density at radius 1 is 1.39 bits per heavy atom. The minimum atomic E-state index is 0.773. The van der Waals surface area contributed by atoms with E-state index in [4.69, 9.17) is 0 Å². The fraction of sp³-hybridized carbons (Fsp3) is 0.812. The number of nitrogens with zero attached hydrogens (tertiary/aromatic N) is 1. The van der Waals surface area contributed by atoms with E-state index >= 15 is 0 Å². The minimum absolute atomic E-state index is 0.773. The van der Waals surface area contributed by atoms with Gasteiger partial charge in [0.15, 0.2) is 0 Å². The lowest BCUT2D eigenvalue weighted by Crippen LogP contribution is -2.17. The van der Waals surface area contributed by atoms with Crippen LogP contribution < -0.4 is 0 Å². The van der Waals surface area contributed by atoms with Crippen LogP contribution in [0.2, 0.25) is 0 Å². The Hall–Kier alpha value is -0.790. The molecule has 0 saturated carbocycles. The van der Waals surface area contributed by atoms with Gasteiger partial charge < -0.3 is 4.90 Å². The minimum Gasteiger partial charge on any atom is -0.345 e. The summed E-state index contributed by atoms with van der Waals surface area (Å²) in [5.41, 5.74) is 0. The largest absolute Gasteiger partial charge is 0.345 e. The molecule has 1 amide bonds. The van der Waals surface area contributed by atoms with Crippen LogP contribution in [0.4, 0.5) is 0 Å². The first-order valence-electron chi connectivity index (χ1n) is 7.31. The molecule has 0 aliphatic carbocycles. The SMILES string of the molecule is C=CC.CCC1CCN(C=O)C1.CCCC(C)C. The van der Waals surface area contributed by atoms with Gasteiger partial charge >= 0.3 is 0 Å². The molecule has 0 bridgehead atoms. The number of carbonyl (C=O) groups excluding carboxylic acids is 1. The second-order valence-electron chi connectivity index (χ2n) is 5.25. The van der Waals surface area contributed by atoms with E-state index in [0.29, 0.717) is 0 Å². The monoisotopic (exact) mass is 255 g/mol. The van der Waals surface area contributed by atoms with Crippen molar-refractivity contribution in [2.45, 2.75) is 60.3 Å². The summed E-state index contributed by atoms with van der Waals surface area (Å²) in [7, 11) is 0. The second-order valence-corrected chi connectivity index (χ2v) is 5.25. The van der Waals surface area contributed by atoms with Gasteiger partial charge in [-0.15, -0.1) is 6.58 Å². The smallest absolute Gasteiger partial charge is 0.209 e. The molecule has 1 atom stereocenters. The highest BCUT2D eigenvalue weighted by atomic mass is 16.1. The first kappa shape index (κ1) is 19.5. The number of allylic oxidation sites excluding steroid dienone is 1. The van der Waals surface area contributed by atoms with Crippen LogP contribution in [0.1, 0.15) is 60.3 Å². The molecule has 1 aliphatic heterocycles. The summed E-state index contributed by atoms with van der Waals surface area (Å²) in [6.45, 7) is 16.1. The predicted molar refractivity (Wildman–Crippen MR) is 81.7 cm³/mol. The Morgan fingerprint density at radius 2 is 1.94 bits per heavy atom. The summed E-state index contributed by atoms with van der Waals surface area (Å²) < 4.78 is 0. The van der Waals surface area contributed by atoms with Crippen molar-refractivity contribution < 1.29 is 4.79 Å². The summed E-state index contributed by atoms with van der Waals surface area (Å²) in [5, 5.41) is 0. The Kier molecular flexibility index (Phi) is 15.5. The van der Waals surface area contributed by atoms with Gasteiger partial charge in [-0.1, -0.05) is 53.0 Å². The summed E-state index contributed by atoms with van der Waals surface area (Å²) in [6.07, 6.45) is 7.83. The number of hydrogen-bond donors (Lipinski definition) is 0. The molecule has 1 saturated heterocycles. The molecule has 0 spiro atoms. The van der Waals surface area contributed by atoms with Crippen molar-refractivity contribution in [3.8, 4) is 0 Å². The highest BCUT2D eigenvalue weighted by Gasteiger charge is 2.18.